The second-order valence-electron chi connectivity index (χ2n) is 7.67. The molecule has 6 heteroatoms. The first-order chi connectivity index (χ1) is 13.0. The molecule has 0 aromatic heterocycles. The van der Waals surface area contributed by atoms with Gasteiger partial charge in [0.05, 0.1) is 5.92 Å². The van der Waals surface area contributed by atoms with E-state index in [2.05, 4.69) is 12.1 Å². The van der Waals surface area contributed by atoms with Crippen LogP contribution in [-0.2, 0) is 9.59 Å². The van der Waals surface area contributed by atoms with Crippen molar-refractivity contribution in [1.82, 2.24) is 4.90 Å². The van der Waals surface area contributed by atoms with Gasteiger partial charge in [-0.05, 0) is 24.6 Å². The third-order valence-corrected chi connectivity index (χ3v) is 5.72. The number of nitrogens with zero attached hydrogens (tertiary/aromatic N) is 2. The predicted molar refractivity (Wildman–Crippen MR) is 113 cm³/mol. The van der Waals surface area contributed by atoms with Crippen molar-refractivity contribution in [3.05, 3.63) is 65.7 Å². The quantitative estimate of drug-likeness (QED) is 0.862. The van der Waals surface area contributed by atoms with Gasteiger partial charge in [-0.1, -0.05) is 48.0 Å². The number of likely N-dealkylation sites (tertiary alicyclic amines) is 1. The highest BCUT2D eigenvalue weighted by Crippen LogP contribution is 2.31. The molecule has 5 nitrogen and oxygen atoms in total. The van der Waals surface area contributed by atoms with Gasteiger partial charge in [-0.15, -0.1) is 12.4 Å². The highest BCUT2D eigenvalue weighted by Gasteiger charge is 2.41. The van der Waals surface area contributed by atoms with Gasteiger partial charge in [0.1, 0.15) is 0 Å². The molecule has 0 radical (unpaired) electrons. The van der Waals surface area contributed by atoms with Crippen molar-refractivity contribution in [1.29, 1.82) is 0 Å². The van der Waals surface area contributed by atoms with Crippen molar-refractivity contribution in [2.24, 2.45) is 11.7 Å². The molecule has 2 aliphatic heterocycles. The van der Waals surface area contributed by atoms with E-state index in [0.717, 1.165) is 11.3 Å². The minimum Gasteiger partial charge on any atom is -0.340 e. The van der Waals surface area contributed by atoms with E-state index in [1.54, 1.807) is 4.90 Å². The fourth-order valence-electron chi connectivity index (χ4n) is 4.17. The van der Waals surface area contributed by atoms with Crippen LogP contribution in [0.2, 0.25) is 0 Å². The zero-order valence-electron chi connectivity index (χ0n) is 16.0. The number of carbonyl (C=O) groups excluding carboxylic acids is 2. The van der Waals surface area contributed by atoms with Crippen LogP contribution in [0.15, 0.2) is 54.6 Å². The van der Waals surface area contributed by atoms with Crippen molar-refractivity contribution in [2.75, 3.05) is 24.5 Å². The Morgan fingerprint density at radius 1 is 1.00 bits per heavy atom. The van der Waals surface area contributed by atoms with Gasteiger partial charge in [0.15, 0.2) is 0 Å². The lowest BCUT2D eigenvalue weighted by Gasteiger charge is -2.21. The molecule has 2 aromatic rings. The first-order valence-corrected chi connectivity index (χ1v) is 9.49. The smallest absolute Gasteiger partial charge is 0.228 e. The summed E-state index contributed by atoms with van der Waals surface area (Å²) in [5.74, 6) is -0.0758. The summed E-state index contributed by atoms with van der Waals surface area (Å²) in [5.41, 5.74) is 9.51. The third kappa shape index (κ3) is 3.91. The number of anilines is 1. The maximum Gasteiger partial charge on any atom is 0.228 e. The second kappa shape index (κ2) is 8.33. The summed E-state index contributed by atoms with van der Waals surface area (Å²) in [6.45, 7) is 3.64. The maximum absolute atomic E-state index is 13.0. The maximum atomic E-state index is 13.0. The standard InChI is InChI=1S/C22H25N3O2.ClH/c1-15-7-9-18(10-8-15)25-12-17(11-21(25)26)22(27)24-13-19(20(23)14-24)16-5-3-2-4-6-16;/h2-10,17,19-20H,11-14,23H2,1H3;1H/t17?,19-,20+;/m0./s1. The van der Waals surface area contributed by atoms with Crippen molar-refractivity contribution in [2.45, 2.75) is 25.3 Å². The largest absolute Gasteiger partial charge is 0.340 e. The molecule has 2 saturated heterocycles. The zero-order chi connectivity index (χ0) is 19.0. The van der Waals surface area contributed by atoms with Crippen molar-refractivity contribution < 1.29 is 9.59 Å². The van der Waals surface area contributed by atoms with Crippen LogP contribution in [0, 0.1) is 12.8 Å². The van der Waals surface area contributed by atoms with Gasteiger partial charge in [-0.25, -0.2) is 0 Å². The highest BCUT2D eigenvalue weighted by molar-refractivity contribution is 6.00. The molecule has 0 spiro atoms. The molecule has 2 amide bonds. The van der Waals surface area contributed by atoms with Gasteiger partial charge in [0.2, 0.25) is 11.8 Å². The van der Waals surface area contributed by atoms with E-state index in [0.29, 0.717) is 19.6 Å². The second-order valence-corrected chi connectivity index (χ2v) is 7.67. The van der Waals surface area contributed by atoms with Gasteiger partial charge in [-0.3, -0.25) is 9.59 Å². The highest BCUT2D eigenvalue weighted by atomic mass is 35.5. The van der Waals surface area contributed by atoms with Crippen LogP contribution in [-0.4, -0.2) is 42.4 Å². The lowest BCUT2D eigenvalue weighted by Crippen LogP contribution is -2.37. The zero-order valence-corrected chi connectivity index (χ0v) is 16.8. The van der Waals surface area contributed by atoms with E-state index in [1.807, 2.05) is 54.3 Å². The molecule has 0 aliphatic carbocycles. The normalized spacial score (nSPS) is 24.4. The Morgan fingerprint density at radius 3 is 2.36 bits per heavy atom. The topological polar surface area (TPSA) is 66.6 Å². The van der Waals surface area contributed by atoms with Crippen LogP contribution in [0.3, 0.4) is 0 Å². The molecule has 4 rings (SSSR count). The van der Waals surface area contributed by atoms with Gasteiger partial charge >= 0.3 is 0 Å². The lowest BCUT2D eigenvalue weighted by molar-refractivity contribution is -0.134. The molecular formula is C22H26ClN3O2. The van der Waals surface area contributed by atoms with E-state index >= 15 is 0 Å². The van der Waals surface area contributed by atoms with E-state index in [9.17, 15) is 9.59 Å². The lowest BCUT2D eigenvalue weighted by atomic mass is 9.95. The van der Waals surface area contributed by atoms with E-state index in [-0.39, 0.29) is 48.5 Å². The van der Waals surface area contributed by atoms with Crippen molar-refractivity contribution >= 4 is 29.9 Å². The van der Waals surface area contributed by atoms with E-state index in [1.165, 1.54) is 5.56 Å². The molecule has 2 heterocycles. The molecule has 2 fully saturated rings. The van der Waals surface area contributed by atoms with Crippen LogP contribution >= 0.6 is 12.4 Å². The minimum atomic E-state index is -0.291. The summed E-state index contributed by atoms with van der Waals surface area (Å²) in [5, 5.41) is 0. The average Bonchev–Trinajstić information content (AvgIpc) is 3.26. The monoisotopic (exact) mass is 399 g/mol. The summed E-state index contributed by atoms with van der Waals surface area (Å²) in [7, 11) is 0. The molecule has 2 aromatic carbocycles. The molecule has 148 valence electrons. The Bertz CT molecular complexity index is 841. The third-order valence-electron chi connectivity index (χ3n) is 5.72. The average molecular weight is 400 g/mol. The number of amides is 2. The first kappa shape index (κ1) is 20.4. The molecule has 2 aliphatic rings. The first-order valence-electron chi connectivity index (χ1n) is 9.49. The van der Waals surface area contributed by atoms with Crippen LogP contribution < -0.4 is 10.6 Å². The Balaban J connectivity index is 0.00000225. The van der Waals surface area contributed by atoms with Crippen LogP contribution in [0.4, 0.5) is 5.69 Å². The number of nitrogens with two attached hydrogens (primary N) is 1. The number of carbonyl (C=O) groups is 2. The predicted octanol–water partition coefficient (Wildman–Crippen LogP) is 2.72. The fourth-order valence-corrected chi connectivity index (χ4v) is 4.17. The summed E-state index contributed by atoms with van der Waals surface area (Å²) >= 11 is 0. The Labute approximate surface area is 171 Å². The van der Waals surface area contributed by atoms with Crippen LogP contribution in [0.5, 0.6) is 0 Å². The number of benzene rings is 2. The number of aryl methyl sites for hydroxylation is 1. The summed E-state index contributed by atoms with van der Waals surface area (Å²) < 4.78 is 0. The van der Waals surface area contributed by atoms with Gasteiger partial charge in [-0.2, -0.15) is 0 Å². The van der Waals surface area contributed by atoms with Gasteiger partial charge in [0, 0.05) is 43.7 Å². The summed E-state index contributed by atoms with van der Waals surface area (Å²) in [4.78, 5) is 29.1. The Hall–Kier alpha value is -2.37. The molecule has 0 bridgehead atoms. The van der Waals surface area contributed by atoms with Gasteiger partial charge < -0.3 is 15.5 Å². The fraction of sp³-hybridized carbons (Fsp3) is 0.364. The summed E-state index contributed by atoms with van der Waals surface area (Å²) in [6, 6.07) is 17.9. The van der Waals surface area contributed by atoms with E-state index in [4.69, 9.17) is 5.73 Å². The summed E-state index contributed by atoms with van der Waals surface area (Å²) in [6.07, 6.45) is 0.272. The Morgan fingerprint density at radius 2 is 1.68 bits per heavy atom. The molecule has 0 saturated carbocycles. The number of rotatable bonds is 3. The minimum absolute atomic E-state index is 0. The van der Waals surface area contributed by atoms with Crippen LogP contribution in [0.25, 0.3) is 0 Å². The molecule has 1 unspecified atom stereocenters. The van der Waals surface area contributed by atoms with Crippen molar-refractivity contribution in [3.8, 4) is 0 Å². The molecule has 28 heavy (non-hydrogen) atoms. The SMILES string of the molecule is Cc1ccc(N2CC(C(=O)N3C[C@@H](N)[C@H](c4ccccc4)C3)CC2=O)cc1.Cl. The van der Waals surface area contributed by atoms with E-state index < -0.39 is 0 Å². The number of hydrogen-bond acceptors (Lipinski definition) is 3. The molecular weight excluding hydrogens is 374 g/mol. The molecule has 2 N–H and O–H groups in total. The number of hydrogen-bond donors (Lipinski definition) is 1. The molecule has 3 atom stereocenters. The van der Waals surface area contributed by atoms with Gasteiger partial charge in [0.25, 0.3) is 0 Å². The Kier molecular flexibility index (Phi) is 6.06. The van der Waals surface area contributed by atoms with Crippen molar-refractivity contribution in [3.63, 3.8) is 0 Å². The number of halogens is 1. The van der Waals surface area contributed by atoms with Crippen LogP contribution in [0.1, 0.15) is 23.5 Å².